The Balaban J connectivity index is 0.00000192. The van der Waals surface area contributed by atoms with E-state index in [1.165, 1.54) is 16.9 Å². The van der Waals surface area contributed by atoms with Crippen LogP contribution in [0.1, 0.15) is 38.2 Å². The first-order valence-corrected chi connectivity index (χ1v) is 8.64. The number of nitrogens with two attached hydrogens (primary N) is 1. The van der Waals surface area contributed by atoms with Crippen molar-refractivity contribution in [1.29, 1.82) is 0 Å². The molecule has 0 aliphatic heterocycles. The number of nitrogens with zero attached hydrogens (tertiary/aromatic N) is 1. The van der Waals surface area contributed by atoms with Gasteiger partial charge in [-0.1, -0.05) is 44.0 Å². The standard InChI is InChI=1S/C17H21N3OS.ClH/c1-2-12-5-7-13(8-6-12)14-11-22-16(19-14)20-15(21)17(18)9-3-4-10-17;/h5-8,11H,2-4,9-10,18H2,1H3,(H,19,20,21);1H. The van der Waals surface area contributed by atoms with E-state index in [9.17, 15) is 4.79 Å². The second kappa shape index (κ2) is 7.43. The SMILES string of the molecule is CCc1ccc(-c2csc(NC(=O)C3(N)CCCC3)n2)cc1.Cl. The summed E-state index contributed by atoms with van der Waals surface area (Å²) in [6.45, 7) is 2.14. The molecule has 0 bridgehead atoms. The summed E-state index contributed by atoms with van der Waals surface area (Å²) < 4.78 is 0. The molecule has 4 nitrogen and oxygen atoms in total. The summed E-state index contributed by atoms with van der Waals surface area (Å²) in [5.74, 6) is -0.104. The first-order valence-electron chi connectivity index (χ1n) is 7.76. The molecule has 1 amide bonds. The van der Waals surface area contributed by atoms with Crippen LogP contribution >= 0.6 is 23.7 Å². The highest BCUT2D eigenvalue weighted by atomic mass is 35.5. The number of aromatic nitrogens is 1. The third-order valence-electron chi connectivity index (χ3n) is 4.33. The Morgan fingerprint density at radius 1 is 1.30 bits per heavy atom. The van der Waals surface area contributed by atoms with Crippen LogP contribution in [0.4, 0.5) is 5.13 Å². The minimum atomic E-state index is -0.714. The van der Waals surface area contributed by atoms with Gasteiger partial charge in [0.2, 0.25) is 5.91 Å². The van der Waals surface area contributed by atoms with Gasteiger partial charge >= 0.3 is 0 Å². The molecule has 1 saturated carbocycles. The monoisotopic (exact) mass is 351 g/mol. The third-order valence-corrected chi connectivity index (χ3v) is 5.09. The molecular weight excluding hydrogens is 330 g/mol. The molecular formula is C17H22ClN3OS. The number of thiazole rings is 1. The van der Waals surface area contributed by atoms with Crippen LogP contribution in [-0.4, -0.2) is 16.4 Å². The molecule has 1 aromatic heterocycles. The first-order chi connectivity index (χ1) is 10.6. The Bertz CT molecular complexity index is 663. The molecule has 1 aliphatic rings. The molecule has 124 valence electrons. The van der Waals surface area contributed by atoms with E-state index in [1.54, 1.807) is 0 Å². The zero-order valence-electron chi connectivity index (χ0n) is 13.2. The highest BCUT2D eigenvalue weighted by Crippen LogP contribution is 2.30. The molecule has 3 N–H and O–H groups in total. The van der Waals surface area contributed by atoms with Crippen molar-refractivity contribution < 1.29 is 4.79 Å². The molecule has 0 spiro atoms. The number of hydrogen-bond acceptors (Lipinski definition) is 4. The lowest BCUT2D eigenvalue weighted by molar-refractivity contribution is -0.121. The fraction of sp³-hybridized carbons (Fsp3) is 0.412. The zero-order chi connectivity index (χ0) is 15.6. The van der Waals surface area contributed by atoms with E-state index < -0.39 is 5.54 Å². The van der Waals surface area contributed by atoms with Crippen LogP contribution in [0.5, 0.6) is 0 Å². The van der Waals surface area contributed by atoms with Gasteiger partial charge in [0.15, 0.2) is 5.13 Å². The summed E-state index contributed by atoms with van der Waals surface area (Å²) in [6, 6.07) is 8.36. The van der Waals surface area contributed by atoms with E-state index >= 15 is 0 Å². The number of nitrogens with one attached hydrogen (secondary N) is 1. The number of amides is 1. The summed E-state index contributed by atoms with van der Waals surface area (Å²) in [6.07, 6.45) is 4.59. The van der Waals surface area contributed by atoms with Gasteiger partial charge in [0, 0.05) is 10.9 Å². The zero-order valence-corrected chi connectivity index (χ0v) is 14.8. The van der Waals surface area contributed by atoms with Crippen molar-refractivity contribution in [3.63, 3.8) is 0 Å². The number of rotatable bonds is 4. The Kier molecular flexibility index (Phi) is 5.79. The van der Waals surface area contributed by atoms with Gasteiger partial charge in [-0.05, 0) is 24.8 Å². The van der Waals surface area contributed by atoms with Crippen LogP contribution in [0.3, 0.4) is 0 Å². The van der Waals surface area contributed by atoms with Crippen molar-refractivity contribution in [3.8, 4) is 11.3 Å². The number of halogens is 1. The van der Waals surface area contributed by atoms with E-state index in [2.05, 4.69) is 41.5 Å². The van der Waals surface area contributed by atoms with Crippen molar-refractivity contribution in [2.24, 2.45) is 5.73 Å². The molecule has 6 heteroatoms. The lowest BCUT2D eigenvalue weighted by Gasteiger charge is -2.21. The molecule has 1 aromatic carbocycles. The van der Waals surface area contributed by atoms with Gasteiger partial charge in [0.1, 0.15) is 0 Å². The topological polar surface area (TPSA) is 68.0 Å². The molecule has 3 rings (SSSR count). The van der Waals surface area contributed by atoms with Crippen molar-refractivity contribution in [2.45, 2.75) is 44.6 Å². The van der Waals surface area contributed by atoms with Gasteiger partial charge < -0.3 is 11.1 Å². The molecule has 0 saturated heterocycles. The maximum Gasteiger partial charge on any atom is 0.246 e. The Morgan fingerprint density at radius 3 is 2.57 bits per heavy atom. The number of anilines is 1. The highest BCUT2D eigenvalue weighted by molar-refractivity contribution is 7.14. The molecule has 1 fully saturated rings. The summed E-state index contributed by atoms with van der Waals surface area (Å²) in [4.78, 5) is 16.8. The van der Waals surface area contributed by atoms with Crippen molar-refractivity contribution in [3.05, 3.63) is 35.2 Å². The fourth-order valence-corrected chi connectivity index (χ4v) is 3.54. The lowest BCUT2D eigenvalue weighted by atomic mass is 9.98. The average molecular weight is 352 g/mol. The number of aryl methyl sites for hydroxylation is 1. The largest absolute Gasteiger partial charge is 0.317 e. The van der Waals surface area contributed by atoms with E-state index in [-0.39, 0.29) is 18.3 Å². The van der Waals surface area contributed by atoms with Crippen molar-refractivity contribution >= 4 is 34.8 Å². The van der Waals surface area contributed by atoms with Crippen molar-refractivity contribution in [2.75, 3.05) is 5.32 Å². The third kappa shape index (κ3) is 3.91. The smallest absolute Gasteiger partial charge is 0.246 e. The van der Waals surface area contributed by atoms with Crippen LogP contribution in [0.25, 0.3) is 11.3 Å². The van der Waals surface area contributed by atoms with Crippen molar-refractivity contribution in [1.82, 2.24) is 4.98 Å². The highest BCUT2D eigenvalue weighted by Gasteiger charge is 2.37. The van der Waals surface area contributed by atoms with Crippen LogP contribution < -0.4 is 11.1 Å². The predicted molar refractivity (Wildman–Crippen MR) is 98.2 cm³/mol. The summed E-state index contributed by atoms with van der Waals surface area (Å²) in [7, 11) is 0. The minimum absolute atomic E-state index is 0. The predicted octanol–water partition coefficient (Wildman–Crippen LogP) is 4.00. The fourth-order valence-electron chi connectivity index (χ4n) is 2.83. The molecule has 1 heterocycles. The van der Waals surface area contributed by atoms with Gasteiger partial charge in [0.25, 0.3) is 0 Å². The quantitative estimate of drug-likeness (QED) is 0.874. The maximum atomic E-state index is 12.3. The minimum Gasteiger partial charge on any atom is -0.317 e. The van der Waals surface area contributed by atoms with Crippen LogP contribution in [-0.2, 0) is 11.2 Å². The first kappa shape index (κ1) is 17.9. The van der Waals surface area contributed by atoms with E-state index in [0.29, 0.717) is 5.13 Å². The molecule has 0 radical (unpaired) electrons. The van der Waals surface area contributed by atoms with E-state index in [1.807, 2.05) is 5.38 Å². The van der Waals surface area contributed by atoms with E-state index in [0.717, 1.165) is 43.4 Å². The normalized spacial score (nSPS) is 15.9. The number of hydrogen-bond donors (Lipinski definition) is 2. The van der Waals surface area contributed by atoms with Crippen LogP contribution in [0.2, 0.25) is 0 Å². The summed E-state index contributed by atoms with van der Waals surface area (Å²) in [5, 5.41) is 5.47. The lowest BCUT2D eigenvalue weighted by Crippen LogP contribution is -2.48. The van der Waals surface area contributed by atoms with Gasteiger partial charge in [-0.3, -0.25) is 4.79 Å². The van der Waals surface area contributed by atoms with Gasteiger partial charge in [-0.25, -0.2) is 4.98 Å². The number of carbonyl (C=O) groups excluding carboxylic acids is 1. The Morgan fingerprint density at radius 2 is 1.96 bits per heavy atom. The maximum absolute atomic E-state index is 12.3. The second-order valence-corrected chi connectivity index (χ2v) is 6.76. The van der Waals surface area contributed by atoms with Gasteiger partial charge in [-0.2, -0.15) is 0 Å². The Hall–Kier alpha value is -1.43. The van der Waals surface area contributed by atoms with Crippen LogP contribution in [0.15, 0.2) is 29.6 Å². The molecule has 2 aromatic rings. The van der Waals surface area contributed by atoms with Gasteiger partial charge in [-0.15, -0.1) is 23.7 Å². The molecule has 0 unspecified atom stereocenters. The summed E-state index contributed by atoms with van der Waals surface area (Å²) >= 11 is 1.44. The van der Waals surface area contributed by atoms with Gasteiger partial charge in [0.05, 0.1) is 11.2 Å². The second-order valence-electron chi connectivity index (χ2n) is 5.91. The number of benzene rings is 1. The van der Waals surface area contributed by atoms with E-state index in [4.69, 9.17) is 5.73 Å². The summed E-state index contributed by atoms with van der Waals surface area (Å²) in [5.41, 5.74) is 8.71. The van der Waals surface area contributed by atoms with Crippen LogP contribution in [0, 0.1) is 0 Å². The number of carbonyl (C=O) groups is 1. The molecule has 0 atom stereocenters. The average Bonchev–Trinajstić information content (AvgIpc) is 3.17. The molecule has 1 aliphatic carbocycles. The molecule has 23 heavy (non-hydrogen) atoms. The Labute approximate surface area is 146 Å².